The lowest BCUT2D eigenvalue weighted by atomic mass is 10.2. The Morgan fingerprint density at radius 3 is 2.52 bits per heavy atom. The Balaban J connectivity index is 2.09. The Morgan fingerprint density at radius 1 is 1.24 bits per heavy atom. The number of para-hydroxylation sites is 1. The molecule has 2 rings (SSSR count). The normalized spacial score (nSPS) is 10.6. The summed E-state index contributed by atoms with van der Waals surface area (Å²) in [5.74, 6) is 0.0411. The third-order valence-corrected chi connectivity index (χ3v) is 4.69. The number of furan rings is 1. The van der Waals surface area contributed by atoms with Crippen molar-refractivity contribution in [2.75, 3.05) is 11.4 Å². The summed E-state index contributed by atoms with van der Waals surface area (Å²) in [7, 11) is 0. The molecular formula is C15H15Br2NO3. The van der Waals surface area contributed by atoms with Crippen LogP contribution >= 0.6 is 31.9 Å². The van der Waals surface area contributed by atoms with Gasteiger partial charge in [-0.1, -0.05) is 18.2 Å². The summed E-state index contributed by atoms with van der Waals surface area (Å²) in [6, 6.07) is 11.8. The molecule has 0 saturated carbocycles. The number of rotatable bonds is 7. The van der Waals surface area contributed by atoms with Crippen LogP contribution in [-0.2, 0) is 11.3 Å². The second kappa shape index (κ2) is 7.66. The molecule has 112 valence electrons. The number of hydrogen-bond acceptors (Lipinski definition) is 3. The molecule has 4 nitrogen and oxygen atoms in total. The molecule has 0 bridgehead atoms. The van der Waals surface area contributed by atoms with Crippen molar-refractivity contribution in [1.82, 2.24) is 0 Å². The minimum Gasteiger partial charge on any atom is -0.481 e. The Hall–Kier alpha value is -1.27. The zero-order valence-electron chi connectivity index (χ0n) is 11.3. The van der Waals surface area contributed by atoms with Gasteiger partial charge in [-0.3, -0.25) is 4.79 Å². The first-order valence-electron chi connectivity index (χ1n) is 6.52. The molecule has 0 amide bonds. The van der Waals surface area contributed by atoms with Gasteiger partial charge < -0.3 is 14.4 Å². The van der Waals surface area contributed by atoms with E-state index in [1.165, 1.54) is 0 Å². The van der Waals surface area contributed by atoms with Crippen molar-refractivity contribution < 1.29 is 14.3 Å². The van der Waals surface area contributed by atoms with Crippen LogP contribution in [0.4, 0.5) is 5.69 Å². The second-order valence-corrected chi connectivity index (χ2v) is 6.16. The average Bonchev–Trinajstić information content (AvgIpc) is 2.77. The molecule has 6 heteroatoms. The number of benzene rings is 1. The minimum absolute atomic E-state index is 0.162. The van der Waals surface area contributed by atoms with Crippen LogP contribution in [0.5, 0.6) is 0 Å². The van der Waals surface area contributed by atoms with Crippen molar-refractivity contribution in [2.24, 2.45) is 0 Å². The molecule has 1 N–H and O–H groups in total. The molecule has 1 aromatic carbocycles. The van der Waals surface area contributed by atoms with Crippen LogP contribution in [0.15, 0.2) is 50.0 Å². The Morgan fingerprint density at radius 2 is 1.95 bits per heavy atom. The summed E-state index contributed by atoms with van der Waals surface area (Å²) < 4.78 is 7.14. The Labute approximate surface area is 140 Å². The molecule has 21 heavy (non-hydrogen) atoms. The van der Waals surface area contributed by atoms with Crippen LogP contribution in [0.25, 0.3) is 0 Å². The van der Waals surface area contributed by atoms with E-state index in [0.29, 0.717) is 24.2 Å². The summed E-state index contributed by atoms with van der Waals surface area (Å²) in [6.45, 7) is 1.25. The Bertz CT molecular complexity index is 579. The van der Waals surface area contributed by atoms with Crippen molar-refractivity contribution in [3.63, 3.8) is 0 Å². The lowest BCUT2D eigenvalue weighted by Crippen LogP contribution is -2.24. The molecule has 0 aliphatic heterocycles. The number of carboxylic acids is 1. The van der Waals surface area contributed by atoms with E-state index in [0.717, 1.165) is 15.9 Å². The lowest BCUT2D eigenvalue weighted by molar-refractivity contribution is -0.137. The van der Waals surface area contributed by atoms with Crippen LogP contribution < -0.4 is 4.90 Å². The number of anilines is 1. The molecular weight excluding hydrogens is 402 g/mol. The van der Waals surface area contributed by atoms with E-state index in [1.54, 1.807) is 0 Å². The van der Waals surface area contributed by atoms with E-state index in [2.05, 4.69) is 36.8 Å². The molecule has 2 aromatic rings. The summed E-state index contributed by atoms with van der Waals surface area (Å²) in [4.78, 5) is 12.8. The number of halogens is 2. The quantitative estimate of drug-likeness (QED) is 0.712. The third kappa shape index (κ3) is 4.89. The van der Waals surface area contributed by atoms with Gasteiger partial charge in [-0.2, -0.15) is 0 Å². The molecule has 0 spiro atoms. The molecule has 1 aromatic heterocycles. The van der Waals surface area contributed by atoms with Crippen LogP contribution in [0, 0.1) is 0 Å². The van der Waals surface area contributed by atoms with E-state index < -0.39 is 5.97 Å². The zero-order valence-corrected chi connectivity index (χ0v) is 14.4. The van der Waals surface area contributed by atoms with Gasteiger partial charge in [0.2, 0.25) is 0 Å². The maximum absolute atomic E-state index is 10.7. The molecule has 0 radical (unpaired) electrons. The van der Waals surface area contributed by atoms with Gasteiger partial charge in [-0.25, -0.2) is 0 Å². The number of hydrogen-bond donors (Lipinski definition) is 1. The molecule has 1 heterocycles. The second-order valence-electron chi connectivity index (χ2n) is 4.59. The van der Waals surface area contributed by atoms with E-state index >= 15 is 0 Å². The highest BCUT2D eigenvalue weighted by Crippen LogP contribution is 2.28. The summed E-state index contributed by atoms with van der Waals surface area (Å²) in [6.07, 6.45) is 0.752. The van der Waals surface area contributed by atoms with E-state index in [4.69, 9.17) is 9.52 Å². The molecule has 0 atom stereocenters. The predicted molar refractivity (Wildman–Crippen MR) is 88.5 cm³/mol. The molecule has 0 aliphatic rings. The van der Waals surface area contributed by atoms with Crippen molar-refractivity contribution in [2.45, 2.75) is 19.4 Å². The highest BCUT2D eigenvalue weighted by atomic mass is 79.9. The van der Waals surface area contributed by atoms with Crippen LogP contribution in [-0.4, -0.2) is 17.6 Å². The summed E-state index contributed by atoms with van der Waals surface area (Å²) in [5, 5.41) is 8.78. The smallest absolute Gasteiger partial charge is 0.303 e. The minimum atomic E-state index is -0.772. The van der Waals surface area contributed by atoms with Gasteiger partial charge in [-0.05, 0) is 56.5 Å². The van der Waals surface area contributed by atoms with Gasteiger partial charge in [0.15, 0.2) is 4.67 Å². The van der Waals surface area contributed by atoms with Crippen molar-refractivity contribution in [3.8, 4) is 0 Å². The number of aliphatic carboxylic acids is 1. The Kier molecular flexibility index (Phi) is 5.87. The lowest BCUT2D eigenvalue weighted by Gasteiger charge is -2.23. The zero-order chi connectivity index (χ0) is 15.2. The van der Waals surface area contributed by atoms with Gasteiger partial charge in [0.05, 0.1) is 11.0 Å². The molecule has 0 unspecified atom stereocenters. The maximum atomic E-state index is 10.7. The molecule has 0 saturated heterocycles. The first-order valence-corrected chi connectivity index (χ1v) is 8.10. The van der Waals surface area contributed by atoms with Crippen molar-refractivity contribution in [3.05, 3.63) is 51.3 Å². The fourth-order valence-electron chi connectivity index (χ4n) is 2.02. The topological polar surface area (TPSA) is 53.7 Å². The third-order valence-electron chi connectivity index (χ3n) is 2.98. The fraction of sp³-hybridized carbons (Fsp3) is 0.267. The number of carbonyl (C=O) groups is 1. The van der Waals surface area contributed by atoms with Crippen LogP contribution in [0.3, 0.4) is 0 Å². The standard InChI is InChI=1S/C15H15Br2NO3/c16-13-9-12(21-15(13)17)10-18(8-4-7-14(19)20)11-5-2-1-3-6-11/h1-3,5-6,9H,4,7-8,10H2,(H,19,20). The highest BCUT2D eigenvalue weighted by Gasteiger charge is 2.12. The van der Waals surface area contributed by atoms with Crippen LogP contribution in [0.2, 0.25) is 0 Å². The van der Waals surface area contributed by atoms with E-state index in [9.17, 15) is 4.79 Å². The number of carboxylic acid groups (broad SMARTS) is 1. The summed E-state index contributed by atoms with van der Waals surface area (Å²) >= 11 is 6.72. The SMILES string of the molecule is O=C(O)CCCN(Cc1cc(Br)c(Br)o1)c1ccccc1. The van der Waals surface area contributed by atoms with Crippen LogP contribution in [0.1, 0.15) is 18.6 Å². The first kappa shape index (κ1) is 16.1. The predicted octanol–water partition coefficient (Wildman–Crippen LogP) is 4.68. The number of nitrogens with zero attached hydrogens (tertiary/aromatic N) is 1. The van der Waals surface area contributed by atoms with Gasteiger partial charge in [0, 0.05) is 18.7 Å². The fourth-order valence-corrected chi connectivity index (χ4v) is 2.68. The highest BCUT2D eigenvalue weighted by molar-refractivity contribution is 9.13. The largest absolute Gasteiger partial charge is 0.481 e. The maximum Gasteiger partial charge on any atom is 0.303 e. The van der Waals surface area contributed by atoms with Crippen molar-refractivity contribution >= 4 is 43.5 Å². The monoisotopic (exact) mass is 415 g/mol. The van der Waals surface area contributed by atoms with Crippen molar-refractivity contribution in [1.29, 1.82) is 0 Å². The van der Waals surface area contributed by atoms with E-state index in [-0.39, 0.29) is 6.42 Å². The molecule has 0 aliphatic carbocycles. The average molecular weight is 417 g/mol. The summed E-state index contributed by atoms with van der Waals surface area (Å²) in [5.41, 5.74) is 1.05. The van der Waals surface area contributed by atoms with Gasteiger partial charge in [0.1, 0.15) is 5.76 Å². The van der Waals surface area contributed by atoms with E-state index in [1.807, 2.05) is 36.4 Å². The van der Waals surface area contributed by atoms with Gasteiger partial charge in [0.25, 0.3) is 0 Å². The molecule has 0 fully saturated rings. The van der Waals surface area contributed by atoms with Gasteiger partial charge in [-0.15, -0.1) is 0 Å². The first-order chi connectivity index (χ1) is 10.1. The van der Waals surface area contributed by atoms with Gasteiger partial charge >= 0.3 is 5.97 Å².